The van der Waals surface area contributed by atoms with E-state index in [-0.39, 0.29) is 10.6 Å². The minimum atomic E-state index is -4.19. The number of anilines is 1. The van der Waals surface area contributed by atoms with E-state index >= 15 is 0 Å². The summed E-state index contributed by atoms with van der Waals surface area (Å²) in [6, 6.07) is 17.0. The number of amides is 1. The number of carbonyl (C=O) groups excluding carboxylic acids is 2. The van der Waals surface area contributed by atoms with Gasteiger partial charge in [-0.25, -0.2) is 8.42 Å². The molecule has 3 aromatic rings. The molecule has 3 rings (SSSR count). The summed E-state index contributed by atoms with van der Waals surface area (Å²) >= 11 is 11.8. The molecule has 0 saturated carbocycles. The molecule has 3 N–H and O–H groups in total. The first-order valence-corrected chi connectivity index (χ1v) is 12.7. The Morgan fingerprint density at radius 1 is 0.972 bits per heavy atom. The lowest BCUT2D eigenvalue weighted by molar-refractivity contribution is -0.151. The number of sulfonamides is 1. The molecule has 1 amide bonds. The van der Waals surface area contributed by atoms with Gasteiger partial charge >= 0.3 is 5.97 Å². The van der Waals surface area contributed by atoms with Crippen LogP contribution in [0, 0.1) is 0 Å². The van der Waals surface area contributed by atoms with Gasteiger partial charge in [0, 0.05) is 10.0 Å². The van der Waals surface area contributed by atoms with E-state index in [4.69, 9.17) is 32.7 Å². The molecule has 0 aliphatic heterocycles. The van der Waals surface area contributed by atoms with Crippen molar-refractivity contribution in [1.82, 2.24) is 4.72 Å². The van der Waals surface area contributed by atoms with Crippen molar-refractivity contribution in [2.45, 2.75) is 24.0 Å². The van der Waals surface area contributed by atoms with Crippen molar-refractivity contribution >= 4 is 50.8 Å². The summed E-state index contributed by atoms with van der Waals surface area (Å²) in [6.07, 6.45) is -1.46. The molecule has 0 heterocycles. The fourth-order valence-electron chi connectivity index (χ4n) is 2.91. The highest BCUT2D eigenvalue weighted by atomic mass is 35.5. The van der Waals surface area contributed by atoms with Crippen molar-refractivity contribution in [1.29, 1.82) is 0 Å². The molecule has 36 heavy (non-hydrogen) atoms. The van der Waals surface area contributed by atoms with Crippen LogP contribution in [0.5, 0.6) is 11.5 Å². The molecular weight excluding hydrogens is 531 g/mol. The van der Waals surface area contributed by atoms with Crippen LogP contribution in [0.4, 0.5) is 5.69 Å². The number of nitrogens with one attached hydrogen (secondary N) is 2. The highest BCUT2D eigenvalue weighted by Crippen LogP contribution is 2.32. The normalized spacial score (nSPS) is 12.9. The molecule has 0 aliphatic carbocycles. The number of hydrogen-bond acceptors (Lipinski definition) is 7. The molecule has 2 atom stereocenters. The SMILES string of the molecule is C[C@@H](O)[C@@H](NS(=O)(=O)c1ccc(Cl)cc1)C(=O)OCC(=O)Nc1cc(Cl)ccc1Oc1ccccc1. The molecule has 9 nitrogen and oxygen atoms in total. The Morgan fingerprint density at radius 2 is 1.61 bits per heavy atom. The van der Waals surface area contributed by atoms with Crippen LogP contribution in [0.2, 0.25) is 10.0 Å². The molecule has 0 unspecified atom stereocenters. The van der Waals surface area contributed by atoms with E-state index in [0.717, 1.165) is 0 Å². The van der Waals surface area contributed by atoms with Crippen molar-refractivity contribution in [2.75, 3.05) is 11.9 Å². The summed E-state index contributed by atoms with van der Waals surface area (Å²) in [4.78, 5) is 24.8. The Morgan fingerprint density at radius 3 is 2.25 bits per heavy atom. The van der Waals surface area contributed by atoms with Gasteiger partial charge in [0.25, 0.3) is 5.91 Å². The Labute approximate surface area is 218 Å². The first kappa shape index (κ1) is 27.4. The lowest BCUT2D eigenvalue weighted by Crippen LogP contribution is -2.48. The minimum absolute atomic E-state index is 0.171. The quantitative estimate of drug-likeness (QED) is 0.324. The fraction of sp³-hybridized carbons (Fsp3) is 0.167. The van der Waals surface area contributed by atoms with Gasteiger partial charge < -0.3 is 19.9 Å². The molecule has 0 radical (unpaired) electrons. The standard InChI is InChI=1S/C24H22Cl2N2O7S/c1-15(29)23(28-36(32,33)19-10-7-16(25)8-11-19)24(31)34-14-22(30)27-20-13-17(26)9-12-21(20)35-18-5-3-2-4-6-18/h2-13,15,23,28-29H,14H2,1H3,(H,27,30)/t15-,23-/m1/s1. The summed E-state index contributed by atoms with van der Waals surface area (Å²) in [5.74, 6) is -1.07. The summed E-state index contributed by atoms with van der Waals surface area (Å²) in [6.45, 7) is 0.442. The predicted molar refractivity (Wildman–Crippen MR) is 135 cm³/mol. The zero-order valence-corrected chi connectivity index (χ0v) is 21.2. The van der Waals surface area contributed by atoms with Crippen LogP contribution in [0.25, 0.3) is 0 Å². The molecule has 12 heteroatoms. The van der Waals surface area contributed by atoms with Crippen LogP contribution in [0.3, 0.4) is 0 Å². The number of carbonyl (C=O) groups is 2. The van der Waals surface area contributed by atoms with Gasteiger partial charge in [0.2, 0.25) is 10.0 Å². The van der Waals surface area contributed by atoms with E-state index in [1.807, 2.05) is 6.07 Å². The first-order chi connectivity index (χ1) is 17.0. The highest BCUT2D eigenvalue weighted by molar-refractivity contribution is 7.89. The molecule has 0 aliphatic rings. The summed E-state index contributed by atoms with van der Waals surface area (Å²) in [5, 5.41) is 13.1. The number of rotatable bonds is 10. The molecule has 0 bridgehead atoms. The Balaban J connectivity index is 1.64. The maximum atomic E-state index is 12.6. The van der Waals surface area contributed by atoms with E-state index in [2.05, 4.69) is 10.0 Å². The van der Waals surface area contributed by atoms with E-state index in [1.54, 1.807) is 36.4 Å². The third-order valence-electron chi connectivity index (χ3n) is 4.67. The molecule has 0 aromatic heterocycles. The maximum absolute atomic E-state index is 12.6. The number of ether oxygens (including phenoxy) is 2. The van der Waals surface area contributed by atoms with E-state index < -0.39 is 40.7 Å². The van der Waals surface area contributed by atoms with Gasteiger partial charge in [-0.2, -0.15) is 4.72 Å². The predicted octanol–water partition coefficient (Wildman–Crippen LogP) is 4.00. The highest BCUT2D eigenvalue weighted by Gasteiger charge is 2.31. The smallest absolute Gasteiger partial charge is 0.327 e. The third-order valence-corrected chi connectivity index (χ3v) is 6.62. The van der Waals surface area contributed by atoms with Crippen molar-refractivity contribution < 1.29 is 32.6 Å². The number of aliphatic hydroxyl groups excluding tert-OH is 1. The molecular formula is C24H22Cl2N2O7S. The van der Waals surface area contributed by atoms with Gasteiger partial charge in [-0.05, 0) is 61.5 Å². The number of hydrogen-bond donors (Lipinski definition) is 3. The summed E-state index contributed by atoms with van der Waals surface area (Å²) in [5.41, 5.74) is 0.225. The zero-order chi connectivity index (χ0) is 26.3. The van der Waals surface area contributed by atoms with Crippen molar-refractivity contribution in [3.05, 3.63) is 82.8 Å². The van der Waals surface area contributed by atoms with Gasteiger partial charge in [0.1, 0.15) is 11.8 Å². The molecule has 190 valence electrons. The number of benzene rings is 3. The summed E-state index contributed by atoms with van der Waals surface area (Å²) in [7, 11) is -4.19. The third kappa shape index (κ3) is 7.67. The average molecular weight is 553 g/mol. The second-order valence-electron chi connectivity index (χ2n) is 7.50. The molecule has 0 spiro atoms. The van der Waals surface area contributed by atoms with Crippen molar-refractivity contribution in [3.8, 4) is 11.5 Å². The molecule has 0 fully saturated rings. The van der Waals surface area contributed by atoms with E-state index in [0.29, 0.717) is 21.5 Å². The Bertz CT molecular complexity index is 1320. The number of para-hydroxylation sites is 1. The van der Waals surface area contributed by atoms with Crippen LogP contribution in [0.1, 0.15) is 6.92 Å². The lowest BCUT2D eigenvalue weighted by Gasteiger charge is -2.20. The monoisotopic (exact) mass is 552 g/mol. The van der Waals surface area contributed by atoms with Gasteiger partial charge in [0.15, 0.2) is 12.4 Å². The van der Waals surface area contributed by atoms with Gasteiger partial charge in [0.05, 0.1) is 16.7 Å². The summed E-state index contributed by atoms with van der Waals surface area (Å²) < 4.78 is 38.0. The first-order valence-electron chi connectivity index (χ1n) is 10.5. The van der Waals surface area contributed by atoms with Gasteiger partial charge in [-0.15, -0.1) is 0 Å². The topological polar surface area (TPSA) is 131 Å². The largest absolute Gasteiger partial charge is 0.455 e. The van der Waals surface area contributed by atoms with Crippen LogP contribution >= 0.6 is 23.2 Å². The number of esters is 1. The fourth-order valence-corrected chi connectivity index (χ4v) is 4.47. The number of aliphatic hydroxyl groups is 1. The van der Waals surface area contributed by atoms with Crippen LogP contribution in [-0.2, 0) is 24.3 Å². The molecule has 0 saturated heterocycles. The van der Waals surface area contributed by atoms with Gasteiger partial charge in [-0.1, -0.05) is 41.4 Å². The molecule has 3 aromatic carbocycles. The second kappa shape index (κ2) is 12.2. The second-order valence-corrected chi connectivity index (χ2v) is 10.1. The van der Waals surface area contributed by atoms with Crippen LogP contribution in [-0.4, -0.2) is 44.2 Å². The zero-order valence-electron chi connectivity index (χ0n) is 18.9. The average Bonchev–Trinajstić information content (AvgIpc) is 2.83. The minimum Gasteiger partial charge on any atom is -0.455 e. The lowest BCUT2D eigenvalue weighted by atomic mass is 10.2. The Hall–Kier alpha value is -3.15. The van der Waals surface area contributed by atoms with Crippen LogP contribution in [0.15, 0.2) is 77.7 Å². The number of halogens is 2. The van der Waals surface area contributed by atoms with Gasteiger partial charge in [-0.3, -0.25) is 9.59 Å². The maximum Gasteiger partial charge on any atom is 0.327 e. The van der Waals surface area contributed by atoms with Crippen molar-refractivity contribution in [3.63, 3.8) is 0 Å². The van der Waals surface area contributed by atoms with E-state index in [1.165, 1.54) is 37.3 Å². The Kier molecular flexibility index (Phi) is 9.30. The van der Waals surface area contributed by atoms with Crippen LogP contribution < -0.4 is 14.8 Å². The van der Waals surface area contributed by atoms with Crippen molar-refractivity contribution in [2.24, 2.45) is 0 Å². The van der Waals surface area contributed by atoms with E-state index in [9.17, 15) is 23.1 Å².